The standard InChI is InChI=1S/C11H14FN/c1-3-8-4-9-7(2)13-6-11(12)10(9)5-8/h6,8H,3-5H2,1-2H3/t8-/m0/s1. The van der Waals surface area contributed by atoms with Crippen LogP contribution in [0.4, 0.5) is 4.39 Å². The molecule has 2 heteroatoms. The summed E-state index contributed by atoms with van der Waals surface area (Å²) >= 11 is 0. The van der Waals surface area contributed by atoms with Crippen LogP contribution in [0.3, 0.4) is 0 Å². The van der Waals surface area contributed by atoms with Crippen LogP contribution in [-0.4, -0.2) is 4.98 Å². The maximum atomic E-state index is 13.3. The van der Waals surface area contributed by atoms with Gasteiger partial charge in [0.15, 0.2) is 0 Å². The van der Waals surface area contributed by atoms with Crippen LogP contribution in [0.25, 0.3) is 0 Å². The van der Waals surface area contributed by atoms with Crippen molar-refractivity contribution in [3.63, 3.8) is 0 Å². The number of aryl methyl sites for hydroxylation is 1. The summed E-state index contributed by atoms with van der Waals surface area (Å²) in [4.78, 5) is 4.04. The molecule has 0 unspecified atom stereocenters. The first-order valence-corrected chi connectivity index (χ1v) is 4.85. The van der Waals surface area contributed by atoms with E-state index < -0.39 is 0 Å². The van der Waals surface area contributed by atoms with Crippen molar-refractivity contribution in [1.82, 2.24) is 4.98 Å². The van der Waals surface area contributed by atoms with E-state index in [4.69, 9.17) is 0 Å². The van der Waals surface area contributed by atoms with Crippen LogP contribution in [0.2, 0.25) is 0 Å². The SMILES string of the molecule is CC[C@@H]1Cc2c(F)cnc(C)c2C1. The van der Waals surface area contributed by atoms with Gasteiger partial charge in [0.05, 0.1) is 6.20 Å². The molecule has 0 aromatic carbocycles. The van der Waals surface area contributed by atoms with Gasteiger partial charge in [-0.2, -0.15) is 0 Å². The first-order chi connectivity index (χ1) is 6.22. The van der Waals surface area contributed by atoms with Gasteiger partial charge >= 0.3 is 0 Å². The maximum absolute atomic E-state index is 13.3. The van der Waals surface area contributed by atoms with Crippen LogP contribution >= 0.6 is 0 Å². The van der Waals surface area contributed by atoms with Gasteiger partial charge in [-0.1, -0.05) is 13.3 Å². The van der Waals surface area contributed by atoms with Crippen molar-refractivity contribution >= 4 is 0 Å². The molecule has 0 bridgehead atoms. The van der Waals surface area contributed by atoms with Gasteiger partial charge in [-0.3, -0.25) is 4.98 Å². The molecular weight excluding hydrogens is 165 g/mol. The third-order valence-corrected chi connectivity index (χ3v) is 3.02. The summed E-state index contributed by atoms with van der Waals surface area (Å²) in [5.74, 6) is 0.518. The van der Waals surface area contributed by atoms with E-state index in [0.717, 1.165) is 36.1 Å². The van der Waals surface area contributed by atoms with E-state index in [2.05, 4.69) is 11.9 Å². The monoisotopic (exact) mass is 179 g/mol. The number of halogens is 1. The highest BCUT2D eigenvalue weighted by molar-refractivity contribution is 5.35. The predicted octanol–water partition coefficient (Wildman–Crippen LogP) is 2.65. The Bertz CT molecular complexity index is 302. The number of pyridine rings is 1. The second-order valence-corrected chi connectivity index (χ2v) is 3.83. The molecule has 1 heterocycles. The molecule has 1 aliphatic rings. The molecule has 0 amide bonds. The van der Waals surface area contributed by atoms with Crippen molar-refractivity contribution in [3.8, 4) is 0 Å². The Balaban J connectivity index is 2.43. The van der Waals surface area contributed by atoms with Gasteiger partial charge in [-0.25, -0.2) is 4.39 Å². The molecule has 1 atom stereocenters. The topological polar surface area (TPSA) is 12.9 Å². The second kappa shape index (κ2) is 3.09. The summed E-state index contributed by atoms with van der Waals surface area (Å²) in [7, 11) is 0. The highest BCUT2D eigenvalue weighted by Gasteiger charge is 2.24. The van der Waals surface area contributed by atoms with Crippen LogP contribution in [-0.2, 0) is 12.8 Å². The zero-order valence-electron chi connectivity index (χ0n) is 8.10. The minimum absolute atomic E-state index is 0.114. The fourth-order valence-corrected chi connectivity index (χ4v) is 2.10. The maximum Gasteiger partial charge on any atom is 0.144 e. The van der Waals surface area contributed by atoms with E-state index in [0.29, 0.717) is 5.92 Å². The second-order valence-electron chi connectivity index (χ2n) is 3.83. The van der Waals surface area contributed by atoms with E-state index in [-0.39, 0.29) is 5.82 Å². The average molecular weight is 179 g/mol. The van der Waals surface area contributed by atoms with Crippen molar-refractivity contribution < 1.29 is 4.39 Å². The van der Waals surface area contributed by atoms with Crippen molar-refractivity contribution in [2.24, 2.45) is 5.92 Å². The van der Waals surface area contributed by atoms with Crippen LogP contribution in [0.15, 0.2) is 6.20 Å². The molecule has 0 radical (unpaired) electrons. The normalized spacial score (nSPS) is 20.4. The fourth-order valence-electron chi connectivity index (χ4n) is 2.10. The minimum atomic E-state index is -0.114. The summed E-state index contributed by atoms with van der Waals surface area (Å²) in [6, 6.07) is 0. The highest BCUT2D eigenvalue weighted by atomic mass is 19.1. The molecule has 70 valence electrons. The minimum Gasteiger partial charge on any atom is -0.258 e. The van der Waals surface area contributed by atoms with Gasteiger partial charge in [0.25, 0.3) is 0 Å². The molecule has 0 spiro atoms. The lowest BCUT2D eigenvalue weighted by Crippen LogP contribution is -1.96. The summed E-state index contributed by atoms with van der Waals surface area (Å²) in [5, 5.41) is 0. The molecular formula is C11H14FN. The predicted molar refractivity (Wildman–Crippen MR) is 50.1 cm³/mol. The van der Waals surface area contributed by atoms with Crippen LogP contribution in [0, 0.1) is 18.7 Å². The zero-order valence-corrected chi connectivity index (χ0v) is 8.10. The molecule has 1 aromatic rings. The van der Waals surface area contributed by atoms with E-state index in [1.54, 1.807) is 0 Å². The van der Waals surface area contributed by atoms with Gasteiger partial charge in [0.2, 0.25) is 0 Å². The molecule has 1 nitrogen and oxygen atoms in total. The van der Waals surface area contributed by atoms with Gasteiger partial charge in [0, 0.05) is 5.69 Å². The Morgan fingerprint density at radius 3 is 2.77 bits per heavy atom. The average Bonchev–Trinajstić information content (AvgIpc) is 2.56. The Labute approximate surface area is 78.0 Å². The number of nitrogens with zero attached hydrogens (tertiary/aromatic N) is 1. The highest BCUT2D eigenvalue weighted by Crippen LogP contribution is 2.31. The number of rotatable bonds is 1. The van der Waals surface area contributed by atoms with E-state index >= 15 is 0 Å². The lowest BCUT2D eigenvalue weighted by Gasteiger charge is -2.02. The van der Waals surface area contributed by atoms with Crippen molar-refractivity contribution in [2.45, 2.75) is 33.1 Å². The molecule has 1 aromatic heterocycles. The third-order valence-electron chi connectivity index (χ3n) is 3.02. The summed E-state index contributed by atoms with van der Waals surface area (Å²) in [5.41, 5.74) is 3.08. The zero-order chi connectivity index (χ0) is 9.42. The third kappa shape index (κ3) is 1.34. The molecule has 1 aliphatic carbocycles. The first kappa shape index (κ1) is 8.67. The van der Waals surface area contributed by atoms with Gasteiger partial charge in [-0.05, 0) is 36.8 Å². The van der Waals surface area contributed by atoms with Crippen LogP contribution in [0.5, 0.6) is 0 Å². The van der Waals surface area contributed by atoms with Crippen molar-refractivity contribution in [2.75, 3.05) is 0 Å². The van der Waals surface area contributed by atoms with Gasteiger partial charge in [0.1, 0.15) is 5.82 Å². The molecule has 0 saturated heterocycles. The first-order valence-electron chi connectivity index (χ1n) is 4.85. The number of aromatic nitrogens is 1. The van der Waals surface area contributed by atoms with Gasteiger partial charge in [-0.15, -0.1) is 0 Å². The summed E-state index contributed by atoms with van der Waals surface area (Å²) < 4.78 is 13.3. The van der Waals surface area contributed by atoms with E-state index in [9.17, 15) is 4.39 Å². The van der Waals surface area contributed by atoms with Crippen molar-refractivity contribution in [3.05, 3.63) is 28.8 Å². The molecule has 0 saturated carbocycles. The smallest absolute Gasteiger partial charge is 0.144 e. The lowest BCUT2D eigenvalue weighted by atomic mass is 10.0. The molecule has 2 rings (SSSR count). The molecule has 0 fully saturated rings. The van der Waals surface area contributed by atoms with Crippen LogP contribution in [0.1, 0.15) is 30.2 Å². The molecule has 13 heavy (non-hydrogen) atoms. The number of fused-ring (bicyclic) bond motifs is 1. The van der Waals surface area contributed by atoms with Crippen LogP contribution < -0.4 is 0 Å². The quantitative estimate of drug-likeness (QED) is 0.645. The summed E-state index contributed by atoms with van der Waals surface area (Å²) in [6.07, 6.45) is 4.41. The van der Waals surface area contributed by atoms with Gasteiger partial charge < -0.3 is 0 Å². The number of hydrogen-bond donors (Lipinski definition) is 0. The largest absolute Gasteiger partial charge is 0.258 e. The van der Waals surface area contributed by atoms with Crippen molar-refractivity contribution in [1.29, 1.82) is 0 Å². The lowest BCUT2D eigenvalue weighted by molar-refractivity contribution is 0.531. The Morgan fingerprint density at radius 1 is 1.46 bits per heavy atom. The fraction of sp³-hybridized carbons (Fsp3) is 0.545. The Morgan fingerprint density at radius 2 is 2.15 bits per heavy atom. The molecule has 0 aliphatic heterocycles. The Kier molecular flexibility index (Phi) is 2.06. The van der Waals surface area contributed by atoms with E-state index in [1.165, 1.54) is 6.20 Å². The van der Waals surface area contributed by atoms with E-state index in [1.807, 2.05) is 6.92 Å². The molecule has 0 N–H and O–H groups in total. The number of hydrogen-bond acceptors (Lipinski definition) is 1. The summed E-state index contributed by atoms with van der Waals surface area (Å²) in [6.45, 7) is 4.13. The Hall–Kier alpha value is -0.920.